The molecule has 0 amide bonds. The first-order valence-corrected chi connectivity index (χ1v) is 6.83. The molecule has 1 aromatic heterocycles. The van der Waals surface area contributed by atoms with Crippen LogP contribution < -0.4 is 0 Å². The van der Waals surface area contributed by atoms with Crippen molar-refractivity contribution in [2.75, 3.05) is 0 Å². The van der Waals surface area contributed by atoms with Gasteiger partial charge in [-0.3, -0.25) is 4.68 Å². The van der Waals surface area contributed by atoms with E-state index in [9.17, 15) is 9.90 Å². The standard InChI is InChI=1S/C14H20N2O2/c1-8-13(14(17)18)9(2)16(15-8)7-12-6-10-3-4-11(12)5-10/h10-12H,3-7H2,1-2H3,(H,17,18). The van der Waals surface area contributed by atoms with Crippen molar-refractivity contribution in [2.45, 2.75) is 46.1 Å². The number of fused-ring (bicyclic) bond motifs is 2. The third-order valence-electron chi connectivity index (χ3n) is 4.89. The van der Waals surface area contributed by atoms with Gasteiger partial charge in [0.25, 0.3) is 0 Å². The molecule has 98 valence electrons. The predicted octanol–water partition coefficient (Wildman–Crippen LogP) is 2.63. The van der Waals surface area contributed by atoms with Crippen LogP contribution >= 0.6 is 0 Å². The molecule has 1 heterocycles. The van der Waals surface area contributed by atoms with Crippen LogP contribution in [0.15, 0.2) is 0 Å². The van der Waals surface area contributed by atoms with Crippen LogP contribution in [0.5, 0.6) is 0 Å². The van der Waals surface area contributed by atoms with Crippen molar-refractivity contribution in [1.29, 1.82) is 0 Å². The van der Waals surface area contributed by atoms with Crippen LogP contribution in [0.2, 0.25) is 0 Å². The number of hydrogen-bond donors (Lipinski definition) is 1. The van der Waals surface area contributed by atoms with Crippen molar-refractivity contribution < 1.29 is 9.90 Å². The van der Waals surface area contributed by atoms with Crippen LogP contribution in [0, 0.1) is 31.6 Å². The molecule has 3 unspecified atom stereocenters. The normalized spacial score (nSPS) is 30.0. The van der Waals surface area contributed by atoms with Gasteiger partial charge in [0.1, 0.15) is 5.56 Å². The number of carboxylic acids is 1. The summed E-state index contributed by atoms with van der Waals surface area (Å²) in [6.07, 6.45) is 5.46. The molecule has 3 rings (SSSR count). The Morgan fingerprint density at radius 1 is 1.39 bits per heavy atom. The van der Waals surface area contributed by atoms with E-state index in [2.05, 4.69) is 5.10 Å². The van der Waals surface area contributed by atoms with Gasteiger partial charge in [0.15, 0.2) is 0 Å². The lowest BCUT2D eigenvalue weighted by Gasteiger charge is -2.22. The van der Waals surface area contributed by atoms with Gasteiger partial charge < -0.3 is 5.11 Å². The minimum absolute atomic E-state index is 0.387. The Hall–Kier alpha value is -1.32. The summed E-state index contributed by atoms with van der Waals surface area (Å²) in [6.45, 7) is 4.56. The predicted molar refractivity (Wildman–Crippen MR) is 67.6 cm³/mol. The third-order valence-corrected chi connectivity index (χ3v) is 4.89. The molecule has 0 aromatic carbocycles. The lowest BCUT2D eigenvalue weighted by molar-refractivity contribution is 0.0695. The Bertz CT molecular complexity index is 492. The van der Waals surface area contributed by atoms with Crippen molar-refractivity contribution in [3.63, 3.8) is 0 Å². The molecule has 1 N–H and O–H groups in total. The number of aromatic carboxylic acids is 1. The van der Waals surface area contributed by atoms with Crippen LogP contribution in [-0.2, 0) is 6.54 Å². The molecule has 18 heavy (non-hydrogen) atoms. The second-order valence-corrected chi connectivity index (χ2v) is 5.97. The molecule has 0 saturated heterocycles. The van der Waals surface area contributed by atoms with E-state index < -0.39 is 5.97 Å². The van der Waals surface area contributed by atoms with Crippen LogP contribution in [0.4, 0.5) is 0 Å². The van der Waals surface area contributed by atoms with Crippen molar-refractivity contribution in [3.8, 4) is 0 Å². The third kappa shape index (κ3) is 1.74. The summed E-state index contributed by atoms with van der Waals surface area (Å²) in [5.41, 5.74) is 1.84. The molecule has 4 nitrogen and oxygen atoms in total. The first-order chi connectivity index (χ1) is 8.56. The Morgan fingerprint density at radius 2 is 2.17 bits per heavy atom. The lowest BCUT2D eigenvalue weighted by Crippen LogP contribution is -2.19. The summed E-state index contributed by atoms with van der Waals surface area (Å²) in [6, 6.07) is 0. The first kappa shape index (κ1) is 11.8. The van der Waals surface area contributed by atoms with Gasteiger partial charge >= 0.3 is 5.97 Å². The van der Waals surface area contributed by atoms with Gasteiger partial charge in [-0.25, -0.2) is 4.79 Å². The van der Waals surface area contributed by atoms with Gasteiger partial charge in [0.2, 0.25) is 0 Å². The SMILES string of the molecule is Cc1nn(CC2CC3CCC2C3)c(C)c1C(=O)O. The average Bonchev–Trinajstić information content (AvgIpc) is 2.94. The number of rotatable bonds is 3. The molecule has 1 aromatic rings. The Kier molecular flexibility index (Phi) is 2.68. The van der Waals surface area contributed by atoms with E-state index in [1.807, 2.05) is 11.6 Å². The second-order valence-electron chi connectivity index (χ2n) is 5.97. The fourth-order valence-electron chi connectivity index (χ4n) is 4.01. The summed E-state index contributed by atoms with van der Waals surface area (Å²) in [5.74, 6) is 1.63. The molecular weight excluding hydrogens is 228 g/mol. The van der Waals surface area contributed by atoms with Crippen molar-refractivity contribution in [2.24, 2.45) is 17.8 Å². The maximum Gasteiger partial charge on any atom is 0.339 e. The van der Waals surface area contributed by atoms with Gasteiger partial charge in [-0.2, -0.15) is 5.10 Å². The summed E-state index contributed by atoms with van der Waals surface area (Å²) in [4.78, 5) is 11.2. The highest BCUT2D eigenvalue weighted by Crippen LogP contribution is 2.48. The molecule has 2 fully saturated rings. The highest BCUT2D eigenvalue weighted by Gasteiger charge is 2.39. The van der Waals surface area contributed by atoms with E-state index in [1.54, 1.807) is 6.92 Å². The first-order valence-electron chi connectivity index (χ1n) is 6.83. The molecule has 0 aliphatic heterocycles. The molecule has 2 bridgehead atoms. The smallest absolute Gasteiger partial charge is 0.339 e. The Balaban J connectivity index is 1.81. The summed E-state index contributed by atoms with van der Waals surface area (Å²) in [7, 11) is 0. The zero-order valence-electron chi connectivity index (χ0n) is 11.0. The fourth-order valence-corrected chi connectivity index (χ4v) is 4.01. The van der Waals surface area contributed by atoms with E-state index in [-0.39, 0.29) is 0 Å². The number of carboxylic acid groups (broad SMARTS) is 1. The molecule has 2 aliphatic carbocycles. The van der Waals surface area contributed by atoms with Gasteiger partial charge in [-0.05, 0) is 50.9 Å². The maximum atomic E-state index is 11.2. The van der Waals surface area contributed by atoms with Crippen molar-refractivity contribution in [3.05, 3.63) is 17.0 Å². The van der Waals surface area contributed by atoms with E-state index in [0.717, 1.165) is 24.1 Å². The molecular formula is C14H20N2O2. The molecule has 3 atom stereocenters. The molecule has 0 spiro atoms. The van der Waals surface area contributed by atoms with Gasteiger partial charge in [0, 0.05) is 6.54 Å². The quantitative estimate of drug-likeness (QED) is 0.894. The van der Waals surface area contributed by atoms with E-state index in [1.165, 1.54) is 25.7 Å². The maximum absolute atomic E-state index is 11.2. The molecule has 2 aliphatic rings. The minimum atomic E-state index is -0.857. The minimum Gasteiger partial charge on any atom is -0.478 e. The Morgan fingerprint density at radius 3 is 2.67 bits per heavy atom. The topological polar surface area (TPSA) is 55.1 Å². The Labute approximate surface area is 107 Å². The number of aryl methyl sites for hydroxylation is 1. The largest absolute Gasteiger partial charge is 0.478 e. The number of carbonyl (C=O) groups is 1. The van der Waals surface area contributed by atoms with Crippen molar-refractivity contribution >= 4 is 5.97 Å². The van der Waals surface area contributed by atoms with Gasteiger partial charge in [-0.1, -0.05) is 6.42 Å². The monoisotopic (exact) mass is 248 g/mol. The van der Waals surface area contributed by atoms with E-state index in [0.29, 0.717) is 17.2 Å². The zero-order valence-corrected chi connectivity index (χ0v) is 11.0. The van der Waals surface area contributed by atoms with Crippen LogP contribution in [-0.4, -0.2) is 20.9 Å². The number of nitrogens with zero attached hydrogens (tertiary/aromatic N) is 2. The van der Waals surface area contributed by atoms with Gasteiger partial charge in [-0.15, -0.1) is 0 Å². The van der Waals surface area contributed by atoms with Crippen LogP contribution in [0.1, 0.15) is 47.4 Å². The van der Waals surface area contributed by atoms with E-state index >= 15 is 0 Å². The molecule has 2 saturated carbocycles. The molecule has 0 radical (unpaired) electrons. The van der Waals surface area contributed by atoms with Gasteiger partial charge in [0.05, 0.1) is 11.4 Å². The fraction of sp³-hybridized carbons (Fsp3) is 0.714. The highest BCUT2D eigenvalue weighted by molar-refractivity contribution is 5.90. The number of hydrogen-bond acceptors (Lipinski definition) is 2. The number of aromatic nitrogens is 2. The van der Waals surface area contributed by atoms with Crippen LogP contribution in [0.25, 0.3) is 0 Å². The van der Waals surface area contributed by atoms with Crippen LogP contribution in [0.3, 0.4) is 0 Å². The summed E-state index contributed by atoms with van der Waals surface area (Å²) >= 11 is 0. The average molecular weight is 248 g/mol. The van der Waals surface area contributed by atoms with E-state index in [4.69, 9.17) is 0 Å². The highest BCUT2D eigenvalue weighted by atomic mass is 16.4. The zero-order chi connectivity index (χ0) is 12.9. The summed E-state index contributed by atoms with van der Waals surface area (Å²) in [5, 5.41) is 13.6. The lowest BCUT2D eigenvalue weighted by atomic mass is 9.89. The summed E-state index contributed by atoms with van der Waals surface area (Å²) < 4.78 is 1.92. The molecule has 4 heteroatoms. The van der Waals surface area contributed by atoms with Crippen molar-refractivity contribution in [1.82, 2.24) is 9.78 Å². The second kappa shape index (κ2) is 4.11.